The van der Waals surface area contributed by atoms with Gasteiger partial charge in [-0.3, -0.25) is 4.90 Å². The Morgan fingerprint density at radius 1 is 1.16 bits per heavy atom. The van der Waals surface area contributed by atoms with Crippen LogP contribution in [0.1, 0.15) is 25.4 Å². The maximum atomic E-state index is 5.67. The molecule has 2 fully saturated rings. The van der Waals surface area contributed by atoms with Crippen LogP contribution in [0.5, 0.6) is 5.75 Å². The minimum Gasteiger partial charge on any atom is -0.494 e. The van der Waals surface area contributed by atoms with Gasteiger partial charge < -0.3 is 13.9 Å². The number of imidazole rings is 1. The van der Waals surface area contributed by atoms with Crippen molar-refractivity contribution in [2.45, 2.75) is 32.0 Å². The number of hydrogen-bond acceptors (Lipinski definition) is 3. The highest BCUT2D eigenvalue weighted by atomic mass is 16.5. The lowest BCUT2D eigenvalue weighted by atomic mass is 10.1. The number of likely N-dealkylation sites (tertiary alicyclic amines) is 1. The molecule has 1 saturated carbocycles. The van der Waals surface area contributed by atoms with Gasteiger partial charge in [0.05, 0.1) is 24.5 Å². The van der Waals surface area contributed by atoms with E-state index in [-0.39, 0.29) is 0 Å². The molecule has 2 aromatic heterocycles. The number of ether oxygens (including phenoxy) is 1. The Morgan fingerprint density at radius 3 is 2.72 bits per heavy atom. The standard InChI is InChI=1S/C20H24N4O/c1-22-12-10-18(22)24-19-15(5-3-7-17(19)25-2)21-20(24)16-6-4-11-23(16)13-14-8-9-14/h3-7,11,14,18H,8-10,12-13H2,1-2H3. The van der Waals surface area contributed by atoms with E-state index in [1.165, 1.54) is 18.5 Å². The summed E-state index contributed by atoms with van der Waals surface area (Å²) < 4.78 is 10.4. The van der Waals surface area contributed by atoms with Gasteiger partial charge >= 0.3 is 0 Å². The lowest BCUT2D eigenvalue weighted by Gasteiger charge is -2.40. The van der Waals surface area contributed by atoms with Crippen LogP contribution in [0.4, 0.5) is 0 Å². The third-order valence-electron chi connectivity index (χ3n) is 5.65. The summed E-state index contributed by atoms with van der Waals surface area (Å²) in [7, 11) is 3.93. The van der Waals surface area contributed by atoms with Gasteiger partial charge in [-0.05, 0) is 56.5 Å². The van der Waals surface area contributed by atoms with Gasteiger partial charge in [-0.2, -0.15) is 0 Å². The predicted octanol–water partition coefficient (Wildman–Crippen LogP) is 3.76. The second kappa shape index (κ2) is 5.63. The molecule has 0 radical (unpaired) electrons. The van der Waals surface area contributed by atoms with E-state index in [2.05, 4.69) is 45.5 Å². The van der Waals surface area contributed by atoms with E-state index in [0.29, 0.717) is 6.17 Å². The van der Waals surface area contributed by atoms with Crippen LogP contribution in [-0.2, 0) is 6.54 Å². The topological polar surface area (TPSA) is 35.2 Å². The van der Waals surface area contributed by atoms with E-state index >= 15 is 0 Å². The molecule has 25 heavy (non-hydrogen) atoms. The van der Waals surface area contributed by atoms with E-state index in [4.69, 9.17) is 9.72 Å². The van der Waals surface area contributed by atoms with Gasteiger partial charge in [0, 0.05) is 19.3 Å². The molecule has 0 bridgehead atoms. The van der Waals surface area contributed by atoms with Crippen molar-refractivity contribution in [2.75, 3.05) is 20.7 Å². The first-order valence-corrected chi connectivity index (χ1v) is 9.17. The molecule has 1 atom stereocenters. The van der Waals surface area contributed by atoms with Crippen LogP contribution in [0.3, 0.4) is 0 Å². The van der Waals surface area contributed by atoms with E-state index in [9.17, 15) is 0 Å². The summed E-state index contributed by atoms with van der Waals surface area (Å²) in [6.07, 6.45) is 6.40. The minimum absolute atomic E-state index is 0.348. The van der Waals surface area contributed by atoms with Crippen LogP contribution in [-0.4, -0.2) is 39.7 Å². The largest absolute Gasteiger partial charge is 0.494 e. The molecule has 1 aromatic carbocycles. The molecule has 130 valence electrons. The predicted molar refractivity (Wildman–Crippen MR) is 98.7 cm³/mol. The Bertz CT molecular complexity index is 921. The Hall–Kier alpha value is -2.27. The number of methoxy groups -OCH3 is 1. The van der Waals surface area contributed by atoms with Crippen molar-refractivity contribution in [2.24, 2.45) is 5.92 Å². The van der Waals surface area contributed by atoms with Crippen molar-refractivity contribution in [3.8, 4) is 17.3 Å². The fourth-order valence-electron chi connectivity index (χ4n) is 3.94. The van der Waals surface area contributed by atoms with Crippen LogP contribution in [0.15, 0.2) is 36.5 Å². The van der Waals surface area contributed by atoms with Crippen molar-refractivity contribution in [3.05, 3.63) is 36.5 Å². The second-order valence-electron chi connectivity index (χ2n) is 7.37. The molecular formula is C20H24N4O. The van der Waals surface area contributed by atoms with Crippen LogP contribution in [0, 0.1) is 5.92 Å². The molecule has 0 amide bonds. The lowest BCUT2D eigenvalue weighted by molar-refractivity contribution is 0.0708. The first kappa shape index (κ1) is 15.0. The summed E-state index contributed by atoms with van der Waals surface area (Å²) in [5.41, 5.74) is 3.33. The summed E-state index contributed by atoms with van der Waals surface area (Å²) in [6.45, 7) is 2.23. The summed E-state index contributed by atoms with van der Waals surface area (Å²) in [5, 5.41) is 0. The number of rotatable bonds is 5. The number of para-hydroxylation sites is 1. The molecule has 3 aromatic rings. The van der Waals surface area contributed by atoms with Gasteiger partial charge in [-0.25, -0.2) is 4.98 Å². The molecule has 1 aliphatic carbocycles. The quantitative estimate of drug-likeness (QED) is 0.712. The Kier molecular flexibility index (Phi) is 3.38. The van der Waals surface area contributed by atoms with Crippen molar-refractivity contribution in [1.29, 1.82) is 0 Å². The van der Waals surface area contributed by atoms with Gasteiger partial charge in [0.1, 0.15) is 11.3 Å². The Balaban J connectivity index is 1.72. The zero-order valence-electron chi connectivity index (χ0n) is 14.9. The van der Waals surface area contributed by atoms with Crippen molar-refractivity contribution < 1.29 is 4.74 Å². The first-order valence-electron chi connectivity index (χ1n) is 9.17. The summed E-state index contributed by atoms with van der Waals surface area (Å²) in [6, 6.07) is 10.5. The summed E-state index contributed by atoms with van der Waals surface area (Å²) in [5.74, 6) is 2.79. The fourth-order valence-corrected chi connectivity index (χ4v) is 3.94. The molecule has 5 nitrogen and oxygen atoms in total. The van der Waals surface area contributed by atoms with Gasteiger partial charge in [-0.15, -0.1) is 0 Å². The number of aromatic nitrogens is 3. The number of hydrogen-bond donors (Lipinski definition) is 0. The van der Waals surface area contributed by atoms with E-state index in [1.807, 2.05) is 12.1 Å². The monoisotopic (exact) mass is 336 g/mol. The lowest BCUT2D eigenvalue weighted by Crippen LogP contribution is -2.41. The molecule has 3 heterocycles. The van der Waals surface area contributed by atoms with Crippen LogP contribution in [0.2, 0.25) is 0 Å². The number of fused-ring (bicyclic) bond motifs is 1. The van der Waals surface area contributed by atoms with E-state index < -0.39 is 0 Å². The summed E-state index contributed by atoms with van der Waals surface area (Å²) in [4.78, 5) is 7.41. The SMILES string of the molecule is COc1cccc2nc(-c3cccn3CC3CC3)n(C3CCN3C)c12. The van der Waals surface area contributed by atoms with E-state index in [0.717, 1.165) is 48.0 Å². The van der Waals surface area contributed by atoms with Crippen LogP contribution < -0.4 is 4.74 Å². The van der Waals surface area contributed by atoms with E-state index in [1.54, 1.807) is 7.11 Å². The molecule has 1 unspecified atom stereocenters. The average Bonchev–Trinajstić information content (AvgIpc) is 3.18. The zero-order valence-corrected chi connectivity index (χ0v) is 14.9. The van der Waals surface area contributed by atoms with Gasteiger partial charge in [0.15, 0.2) is 5.82 Å². The molecule has 0 N–H and O–H groups in total. The first-order chi connectivity index (χ1) is 12.3. The molecule has 0 spiro atoms. The Labute approximate surface area is 147 Å². The number of nitrogens with zero attached hydrogens (tertiary/aromatic N) is 4. The third kappa shape index (κ3) is 2.37. The normalized spacial score (nSPS) is 20.8. The van der Waals surface area contributed by atoms with Gasteiger partial charge in [-0.1, -0.05) is 6.07 Å². The van der Waals surface area contributed by atoms with Crippen LogP contribution >= 0.6 is 0 Å². The average molecular weight is 336 g/mol. The number of benzene rings is 1. The molecule has 1 saturated heterocycles. The smallest absolute Gasteiger partial charge is 0.159 e. The minimum atomic E-state index is 0.348. The molecule has 2 aliphatic rings. The molecular weight excluding hydrogens is 312 g/mol. The Morgan fingerprint density at radius 2 is 2.04 bits per heavy atom. The van der Waals surface area contributed by atoms with Crippen molar-refractivity contribution in [1.82, 2.24) is 19.0 Å². The van der Waals surface area contributed by atoms with Crippen molar-refractivity contribution >= 4 is 11.0 Å². The maximum Gasteiger partial charge on any atom is 0.159 e. The maximum absolute atomic E-state index is 5.67. The van der Waals surface area contributed by atoms with Gasteiger partial charge in [0.25, 0.3) is 0 Å². The molecule has 5 rings (SSSR count). The second-order valence-corrected chi connectivity index (χ2v) is 7.37. The zero-order chi connectivity index (χ0) is 17.0. The van der Waals surface area contributed by atoms with Crippen molar-refractivity contribution in [3.63, 3.8) is 0 Å². The third-order valence-corrected chi connectivity index (χ3v) is 5.65. The highest BCUT2D eigenvalue weighted by molar-refractivity contribution is 5.86. The summed E-state index contributed by atoms with van der Waals surface area (Å²) >= 11 is 0. The molecule has 5 heteroatoms. The van der Waals surface area contributed by atoms with Crippen LogP contribution in [0.25, 0.3) is 22.6 Å². The highest BCUT2D eigenvalue weighted by Gasteiger charge is 2.32. The fraction of sp³-hybridized carbons (Fsp3) is 0.450. The van der Waals surface area contributed by atoms with Gasteiger partial charge in [0.2, 0.25) is 0 Å². The molecule has 1 aliphatic heterocycles. The highest BCUT2D eigenvalue weighted by Crippen LogP contribution is 2.39.